The van der Waals surface area contributed by atoms with E-state index in [1.807, 2.05) is 26.2 Å². The minimum absolute atomic E-state index is 0.0519. The van der Waals surface area contributed by atoms with E-state index in [4.69, 9.17) is 5.26 Å². The highest BCUT2D eigenvalue weighted by atomic mass is 32.2. The predicted octanol–water partition coefficient (Wildman–Crippen LogP) is 4.27. The number of thioether (sulfide) groups is 1. The van der Waals surface area contributed by atoms with Gasteiger partial charge in [-0.3, -0.25) is 9.59 Å². The third kappa shape index (κ3) is 11.3. The Morgan fingerprint density at radius 1 is 1.04 bits per heavy atom. The van der Waals surface area contributed by atoms with Gasteiger partial charge >= 0.3 is 0 Å². The second-order valence-electron chi connectivity index (χ2n) is 5.18. The summed E-state index contributed by atoms with van der Waals surface area (Å²) in [6, 6.07) is 6.99. The van der Waals surface area contributed by atoms with Gasteiger partial charge in [0, 0.05) is 23.5 Å². The first kappa shape index (κ1) is 23.7. The zero-order valence-electron chi connectivity index (χ0n) is 15.9. The summed E-state index contributed by atoms with van der Waals surface area (Å²) in [4.78, 5) is 24.0. The van der Waals surface area contributed by atoms with E-state index >= 15 is 0 Å². The summed E-state index contributed by atoms with van der Waals surface area (Å²) >= 11 is 1.07. The van der Waals surface area contributed by atoms with E-state index in [0.29, 0.717) is 18.7 Å². The first-order valence-electron chi connectivity index (χ1n) is 9.02. The van der Waals surface area contributed by atoms with Crippen molar-refractivity contribution in [1.29, 1.82) is 5.26 Å². The Bertz CT molecular complexity index is 592. The van der Waals surface area contributed by atoms with Crippen LogP contribution in [0.15, 0.2) is 41.3 Å². The predicted molar refractivity (Wildman–Crippen MR) is 108 cm³/mol. The third-order valence-corrected chi connectivity index (χ3v) is 3.89. The number of nitriles is 1. The number of carbonyl (C=O) groups is 2. The maximum atomic E-state index is 11.9. The summed E-state index contributed by atoms with van der Waals surface area (Å²) in [6.07, 6.45) is 7.12. The molecule has 2 N–H and O–H groups in total. The molecule has 0 radical (unpaired) electrons. The highest BCUT2D eigenvalue weighted by molar-refractivity contribution is 8.03. The van der Waals surface area contributed by atoms with Crippen LogP contribution in [0.4, 0.5) is 0 Å². The van der Waals surface area contributed by atoms with E-state index in [1.165, 1.54) is 6.08 Å². The zero-order valence-corrected chi connectivity index (χ0v) is 16.7. The van der Waals surface area contributed by atoms with Crippen molar-refractivity contribution in [1.82, 2.24) is 10.6 Å². The van der Waals surface area contributed by atoms with Crippen molar-refractivity contribution < 1.29 is 9.59 Å². The number of benzene rings is 1. The quantitative estimate of drug-likeness (QED) is 0.277. The van der Waals surface area contributed by atoms with E-state index in [2.05, 4.69) is 10.6 Å². The van der Waals surface area contributed by atoms with Crippen molar-refractivity contribution in [2.45, 2.75) is 51.3 Å². The Labute approximate surface area is 161 Å². The molecule has 0 fully saturated rings. The van der Waals surface area contributed by atoms with Gasteiger partial charge in [0.2, 0.25) is 5.91 Å². The van der Waals surface area contributed by atoms with Gasteiger partial charge in [-0.1, -0.05) is 32.8 Å². The number of nitrogens with one attached hydrogen (secondary N) is 2. The molecule has 1 rings (SSSR count). The van der Waals surface area contributed by atoms with Crippen LogP contribution in [0.3, 0.4) is 0 Å². The zero-order chi connectivity index (χ0) is 19.6. The van der Waals surface area contributed by atoms with Gasteiger partial charge in [-0.05, 0) is 61.9 Å². The molecule has 26 heavy (non-hydrogen) atoms. The van der Waals surface area contributed by atoms with E-state index < -0.39 is 0 Å². The normalized spacial score (nSPS) is 9.77. The van der Waals surface area contributed by atoms with E-state index in [0.717, 1.165) is 42.3 Å². The number of thiocyanates is 1. The van der Waals surface area contributed by atoms with Crippen LogP contribution in [0.1, 0.15) is 56.8 Å². The molecule has 1 aromatic carbocycles. The fraction of sp³-hybridized carbons (Fsp3) is 0.450. The Kier molecular flexibility index (Phi) is 14.8. The number of amides is 2. The van der Waals surface area contributed by atoms with Gasteiger partial charge < -0.3 is 10.6 Å². The molecule has 0 atom stereocenters. The van der Waals surface area contributed by atoms with Gasteiger partial charge in [-0.25, -0.2) is 0 Å². The van der Waals surface area contributed by atoms with Crippen molar-refractivity contribution in [3.63, 3.8) is 0 Å². The first-order chi connectivity index (χ1) is 12.7. The van der Waals surface area contributed by atoms with Crippen LogP contribution < -0.4 is 10.6 Å². The van der Waals surface area contributed by atoms with Crippen molar-refractivity contribution in [2.24, 2.45) is 0 Å². The van der Waals surface area contributed by atoms with Gasteiger partial charge in [0.1, 0.15) is 5.40 Å². The van der Waals surface area contributed by atoms with Crippen molar-refractivity contribution in [2.75, 3.05) is 13.1 Å². The third-order valence-electron chi connectivity index (χ3n) is 3.29. The molecule has 6 heteroatoms. The number of rotatable bonds is 10. The molecule has 0 aliphatic carbocycles. The average molecular weight is 376 g/mol. The molecule has 0 aliphatic heterocycles. The van der Waals surface area contributed by atoms with E-state index in [-0.39, 0.29) is 11.8 Å². The van der Waals surface area contributed by atoms with Crippen LogP contribution in [0.25, 0.3) is 0 Å². The molecule has 1 aromatic rings. The Balaban J connectivity index is 0.00000301. The van der Waals surface area contributed by atoms with Gasteiger partial charge in [-0.15, -0.1) is 0 Å². The molecule has 2 amide bonds. The lowest BCUT2D eigenvalue weighted by Gasteiger charge is -2.06. The largest absolute Gasteiger partial charge is 0.353 e. The number of hydrogen-bond donors (Lipinski definition) is 2. The van der Waals surface area contributed by atoms with Crippen LogP contribution in [0, 0.1) is 10.7 Å². The van der Waals surface area contributed by atoms with Gasteiger partial charge in [0.05, 0.1) is 0 Å². The summed E-state index contributed by atoms with van der Waals surface area (Å²) in [5.74, 6) is -0.147. The van der Waals surface area contributed by atoms with Crippen LogP contribution in [0.5, 0.6) is 0 Å². The SMILES string of the molecule is C/C=C/C(=O)NCCCCCCNC(=O)c1ccc(SC#N)cc1.CC. The second-order valence-corrected chi connectivity index (χ2v) is 6.04. The lowest BCUT2D eigenvalue weighted by atomic mass is 10.2. The topological polar surface area (TPSA) is 82.0 Å². The lowest BCUT2D eigenvalue weighted by molar-refractivity contribution is -0.116. The summed E-state index contributed by atoms with van der Waals surface area (Å²) in [6.45, 7) is 7.13. The van der Waals surface area contributed by atoms with Crippen molar-refractivity contribution in [3.8, 4) is 5.40 Å². The van der Waals surface area contributed by atoms with E-state index in [9.17, 15) is 9.59 Å². The fourth-order valence-corrected chi connectivity index (χ4v) is 2.43. The standard InChI is InChI=1S/C18H23N3O2S.C2H6/c1-2-7-17(22)20-12-5-3-4-6-13-21-18(23)15-8-10-16(11-9-15)24-14-19;1-2/h2,7-11H,3-6,12-13H2,1H3,(H,20,22)(H,21,23);1-2H3/b7-2+;. The maximum absolute atomic E-state index is 11.9. The van der Waals surface area contributed by atoms with Gasteiger partial charge in [-0.2, -0.15) is 5.26 Å². The molecular weight excluding hydrogens is 346 g/mol. The second kappa shape index (κ2) is 16.2. The summed E-state index contributed by atoms with van der Waals surface area (Å²) < 4.78 is 0. The molecule has 142 valence electrons. The average Bonchev–Trinajstić information content (AvgIpc) is 2.66. The lowest BCUT2D eigenvalue weighted by Crippen LogP contribution is -2.24. The number of unbranched alkanes of at least 4 members (excludes halogenated alkanes) is 3. The summed E-state index contributed by atoms with van der Waals surface area (Å²) in [7, 11) is 0. The molecule has 0 aliphatic rings. The summed E-state index contributed by atoms with van der Waals surface area (Å²) in [5.41, 5.74) is 0.601. The number of nitrogens with zero attached hydrogens (tertiary/aromatic N) is 1. The fourth-order valence-electron chi connectivity index (χ4n) is 2.06. The molecule has 0 spiro atoms. The van der Waals surface area contributed by atoms with Crippen LogP contribution >= 0.6 is 11.8 Å². The smallest absolute Gasteiger partial charge is 0.251 e. The van der Waals surface area contributed by atoms with Gasteiger partial charge in [0.15, 0.2) is 0 Å². The molecule has 0 bridgehead atoms. The molecule has 0 aromatic heterocycles. The van der Waals surface area contributed by atoms with Crippen molar-refractivity contribution in [3.05, 3.63) is 42.0 Å². The molecule has 0 saturated carbocycles. The molecular formula is C20H29N3O2S. The number of allylic oxidation sites excluding steroid dienone is 1. The Hall–Kier alpha value is -2.26. The molecule has 0 unspecified atom stereocenters. The van der Waals surface area contributed by atoms with E-state index in [1.54, 1.807) is 30.3 Å². The van der Waals surface area contributed by atoms with Crippen LogP contribution in [0.2, 0.25) is 0 Å². The Morgan fingerprint density at radius 3 is 2.15 bits per heavy atom. The van der Waals surface area contributed by atoms with Gasteiger partial charge in [0.25, 0.3) is 5.91 Å². The molecule has 0 heterocycles. The minimum atomic E-state index is -0.0953. The highest BCUT2D eigenvalue weighted by Crippen LogP contribution is 2.16. The minimum Gasteiger partial charge on any atom is -0.353 e. The Morgan fingerprint density at radius 2 is 1.62 bits per heavy atom. The maximum Gasteiger partial charge on any atom is 0.251 e. The van der Waals surface area contributed by atoms with Crippen LogP contribution in [-0.4, -0.2) is 24.9 Å². The van der Waals surface area contributed by atoms with Crippen molar-refractivity contribution >= 4 is 23.6 Å². The van der Waals surface area contributed by atoms with Crippen LogP contribution in [-0.2, 0) is 4.79 Å². The first-order valence-corrected chi connectivity index (χ1v) is 9.83. The summed E-state index contributed by atoms with van der Waals surface area (Å²) in [5, 5.41) is 16.3. The highest BCUT2D eigenvalue weighted by Gasteiger charge is 2.04. The molecule has 5 nitrogen and oxygen atoms in total. The number of hydrogen-bond acceptors (Lipinski definition) is 4. The number of carbonyl (C=O) groups excluding carboxylic acids is 2. The monoisotopic (exact) mass is 375 g/mol. The molecule has 0 saturated heterocycles.